The zero-order valence-corrected chi connectivity index (χ0v) is 16.3. The predicted octanol–water partition coefficient (Wildman–Crippen LogP) is 1.07. The fourth-order valence-corrected chi connectivity index (χ4v) is 3.65. The first-order valence-corrected chi connectivity index (χ1v) is 10.5. The predicted molar refractivity (Wildman–Crippen MR) is 101 cm³/mol. The number of nitrogens with zero attached hydrogens (tertiary/aromatic N) is 1. The molecule has 0 atom stereocenters. The Hall–Kier alpha value is -1.48. The molecule has 1 aromatic rings. The maximum atomic E-state index is 12.2. The van der Waals surface area contributed by atoms with E-state index in [0.29, 0.717) is 24.6 Å². The summed E-state index contributed by atoms with van der Waals surface area (Å²) in [6.07, 6.45) is 0.781. The summed E-state index contributed by atoms with van der Waals surface area (Å²) in [5.74, 6) is 0.233. The first kappa shape index (κ1) is 20.8. The van der Waals surface area contributed by atoms with Crippen molar-refractivity contribution in [3.05, 3.63) is 29.8 Å². The first-order valence-electron chi connectivity index (χ1n) is 9.06. The van der Waals surface area contributed by atoms with E-state index in [2.05, 4.69) is 14.9 Å². The third-order valence-electron chi connectivity index (χ3n) is 4.26. The molecule has 0 saturated carbocycles. The van der Waals surface area contributed by atoms with Crippen LogP contribution in [0, 0.1) is 5.92 Å². The van der Waals surface area contributed by atoms with Crippen molar-refractivity contribution in [3.8, 4) is 0 Å². The average Bonchev–Trinajstić information content (AvgIpc) is 2.62. The minimum Gasteiger partial charge on any atom is -0.379 e. The summed E-state index contributed by atoms with van der Waals surface area (Å²) in [4.78, 5) is 14.6. The van der Waals surface area contributed by atoms with Crippen LogP contribution in [0.1, 0.15) is 30.6 Å². The van der Waals surface area contributed by atoms with Gasteiger partial charge in [-0.2, -0.15) is 0 Å². The normalized spacial score (nSPS) is 16.0. The van der Waals surface area contributed by atoms with E-state index < -0.39 is 10.0 Å². The van der Waals surface area contributed by atoms with Crippen molar-refractivity contribution >= 4 is 15.9 Å². The van der Waals surface area contributed by atoms with E-state index in [4.69, 9.17) is 4.74 Å². The first-order chi connectivity index (χ1) is 12.4. The molecule has 1 aliphatic rings. The Kier molecular flexibility index (Phi) is 8.02. The van der Waals surface area contributed by atoms with Crippen molar-refractivity contribution in [1.82, 2.24) is 14.9 Å². The van der Waals surface area contributed by atoms with Crippen LogP contribution in [0.25, 0.3) is 0 Å². The van der Waals surface area contributed by atoms with Gasteiger partial charge in [0.15, 0.2) is 0 Å². The molecular formula is C18H29N3O4S. The lowest BCUT2D eigenvalue weighted by Gasteiger charge is -2.26. The monoisotopic (exact) mass is 383 g/mol. The fourth-order valence-electron chi connectivity index (χ4n) is 2.61. The molecule has 0 radical (unpaired) electrons. The number of ether oxygens (including phenoxy) is 1. The number of hydrogen-bond donors (Lipinski definition) is 2. The number of rotatable bonds is 9. The zero-order valence-electron chi connectivity index (χ0n) is 15.5. The third kappa shape index (κ3) is 6.68. The van der Waals surface area contributed by atoms with Gasteiger partial charge in [0.1, 0.15) is 0 Å². The van der Waals surface area contributed by atoms with Crippen LogP contribution in [0.2, 0.25) is 0 Å². The number of carbonyl (C=O) groups excluding carboxylic acids is 1. The Labute approximate surface area is 156 Å². The molecule has 26 heavy (non-hydrogen) atoms. The molecule has 1 fully saturated rings. The highest BCUT2D eigenvalue weighted by molar-refractivity contribution is 7.89. The Morgan fingerprint density at radius 3 is 2.42 bits per heavy atom. The van der Waals surface area contributed by atoms with E-state index in [1.165, 1.54) is 12.1 Å². The lowest BCUT2D eigenvalue weighted by atomic mass is 10.1. The van der Waals surface area contributed by atoms with Crippen LogP contribution in [0.5, 0.6) is 0 Å². The fraction of sp³-hybridized carbons (Fsp3) is 0.611. The van der Waals surface area contributed by atoms with Crippen molar-refractivity contribution in [3.63, 3.8) is 0 Å². The number of amides is 1. The Morgan fingerprint density at radius 2 is 1.81 bits per heavy atom. The van der Waals surface area contributed by atoms with Crippen molar-refractivity contribution in [2.75, 3.05) is 45.9 Å². The minimum absolute atomic E-state index is 0.172. The molecule has 7 nitrogen and oxygen atoms in total. The molecule has 8 heteroatoms. The van der Waals surface area contributed by atoms with Crippen LogP contribution in [0.3, 0.4) is 0 Å². The van der Waals surface area contributed by atoms with Crippen molar-refractivity contribution < 1.29 is 17.9 Å². The highest BCUT2D eigenvalue weighted by atomic mass is 32.2. The van der Waals surface area contributed by atoms with E-state index in [-0.39, 0.29) is 10.8 Å². The van der Waals surface area contributed by atoms with Crippen LogP contribution in [0.15, 0.2) is 29.2 Å². The van der Waals surface area contributed by atoms with Gasteiger partial charge in [0.25, 0.3) is 5.91 Å². The van der Waals surface area contributed by atoms with Gasteiger partial charge in [-0.1, -0.05) is 13.8 Å². The molecule has 2 N–H and O–H groups in total. The SMILES string of the molecule is CC(C)CCNS(=O)(=O)c1ccc(C(=O)NCCN2CCOCC2)cc1. The quantitative estimate of drug-likeness (QED) is 0.666. The topological polar surface area (TPSA) is 87.7 Å². The summed E-state index contributed by atoms with van der Waals surface area (Å²) in [6, 6.07) is 6.02. The summed E-state index contributed by atoms with van der Waals surface area (Å²) < 4.78 is 32.3. The lowest BCUT2D eigenvalue weighted by molar-refractivity contribution is 0.0383. The van der Waals surface area contributed by atoms with E-state index in [0.717, 1.165) is 39.3 Å². The molecule has 0 aliphatic carbocycles. The van der Waals surface area contributed by atoms with Gasteiger partial charge in [0.05, 0.1) is 18.1 Å². The molecule has 1 heterocycles. The summed E-state index contributed by atoms with van der Waals surface area (Å²) in [6.45, 7) is 9.05. The lowest BCUT2D eigenvalue weighted by Crippen LogP contribution is -2.41. The Balaban J connectivity index is 1.82. The maximum Gasteiger partial charge on any atom is 0.251 e. The molecule has 1 aromatic carbocycles. The third-order valence-corrected chi connectivity index (χ3v) is 5.73. The molecule has 0 aromatic heterocycles. The molecular weight excluding hydrogens is 354 g/mol. The molecule has 2 rings (SSSR count). The highest BCUT2D eigenvalue weighted by Crippen LogP contribution is 2.11. The van der Waals surface area contributed by atoms with E-state index in [1.807, 2.05) is 13.8 Å². The summed E-state index contributed by atoms with van der Waals surface area (Å²) in [5, 5.41) is 2.86. The van der Waals surface area contributed by atoms with Gasteiger partial charge in [-0.3, -0.25) is 9.69 Å². The van der Waals surface area contributed by atoms with Gasteiger partial charge in [0, 0.05) is 38.3 Å². The van der Waals surface area contributed by atoms with E-state index in [9.17, 15) is 13.2 Å². The number of nitrogens with one attached hydrogen (secondary N) is 2. The van der Waals surface area contributed by atoms with Gasteiger partial charge >= 0.3 is 0 Å². The van der Waals surface area contributed by atoms with Gasteiger partial charge in [-0.15, -0.1) is 0 Å². The molecule has 0 spiro atoms. The van der Waals surface area contributed by atoms with Crippen molar-refractivity contribution in [2.45, 2.75) is 25.2 Å². The number of sulfonamides is 1. The summed E-state index contributed by atoms with van der Waals surface area (Å²) >= 11 is 0. The molecule has 0 unspecified atom stereocenters. The van der Waals surface area contributed by atoms with Gasteiger partial charge in [0.2, 0.25) is 10.0 Å². The maximum absolute atomic E-state index is 12.2. The van der Waals surface area contributed by atoms with E-state index in [1.54, 1.807) is 12.1 Å². The van der Waals surface area contributed by atoms with Gasteiger partial charge in [-0.05, 0) is 36.6 Å². The van der Waals surface area contributed by atoms with Gasteiger partial charge in [-0.25, -0.2) is 13.1 Å². The van der Waals surface area contributed by atoms with Gasteiger partial charge < -0.3 is 10.1 Å². The number of hydrogen-bond acceptors (Lipinski definition) is 5. The average molecular weight is 384 g/mol. The van der Waals surface area contributed by atoms with Crippen molar-refractivity contribution in [1.29, 1.82) is 0 Å². The molecule has 0 bridgehead atoms. The largest absolute Gasteiger partial charge is 0.379 e. The van der Waals surface area contributed by atoms with Crippen molar-refractivity contribution in [2.24, 2.45) is 5.92 Å². The van der Waals surface area contributed by atoms with Crippen LogP contribution in [0.4, 0.5) is 0 Å². The smallest absolute Gasteiger partial charge is 0.251 e. The number of carbonyl (C=O) groups is 1. The second kappa shape index (κ2) is 10.0. The van der Waals surface area contributed by atoms with Crippen LogP contribution in [-0.2, 0) is 14.8 Å². The molecule has 1 amide bonds. The molecule has 1 aliphatic heterocycles. The Morgan fingerprint density at radius 1 is 1.15 bits per heavy atom. The standard InChI is InChI=1S/C18H29N3O4S/c1-15(2)7-8-20-26(23,24)17-5-3-16(4-6-17)18(22)19-9-10-21-11-13-25-14-12-21/h3-6,15,20H,7-14H2,1-2H3,(H,19,22). The minimum atomic E-state index is -3.53. The van der Waals surface area contributed by atoms with Crippen LogP contribution in [-0.4, -0.2) is 65.2 Å². The second-order valence-electron chi connectivity index (χ2n) is 6.81. The van der Waals surface area contributed by atoms with Crippen LogP contribution < -0.4 is 10.0 Å². The summed E-state index contributed by atoms with van der Waals surface area (Å²) in [5.41, 5.74) is 0.452. The van der Waals surface area contributed by atoms with Crippen LogP contribution >= 0.6 is 0 Å². The second-order valence-corrected chi connectivity index (χ2v) is 8.58. The number of morpholine rings is 1. The number of benzene rings is 1. The molecule has 146 valence electrons. The Bertz CT molecular complexity index is 668. The molecule has 1 saturated heterocycles. The highest BCUT2D eigenvalue weighted by Gasteiger charge is 2.15. The van der Waals surface area contributed by atoms with E-state index >= 15 is 0 Å². The zero-order chi connectivity index (χ0) is 19.0. The summed E-state index contributed by atoms with van der Waals surface area (Å²) in [7, 11) is -3.53.